The van der Waals surface area contributed by atoms with Gasteiger partial charge in [0.1, 0.15) is 0 Å². The van der Waals surface area contributed by atoms with E-state index in [0.717, 1.165) is 19.7 Å². The van der Waals surface area contributed by atoms with E-state index in [1.54, 1.807) is 11.3 Å². The highest BCUT2D eigenvalue weighted by Gasteiger charge is 2.41. The number of rotatable bonds is 5. The van der Waals surface area contributed by atoms with Crippen LogP contribution in [0.25, 0.3) is 10.2 Å². The average molecular weight is 424 g/mol. The Hall–Kier alpha value is -1.87. The molecule has 0 aliphatic rings. The first-order valence-corrected chi connectivity index (χ1v) is 9.38. The average Bonchev–Trinajstić information content (AvgIpc) is 3.13. The summed E-state index contributed by atoms with van der Waals surface area (Å²) in [6, 6.07) is 5.94. The summed E-state index contributed by atoms with van der Waals surface area (Å²) < 4.78 is 1.86. The Labute approximate surface area is 157 Å². The minimum Gasteiger partial charge on any atom is -0.481 e. The second-order valence-corrected chi connectivity index (χ2v) is 9.30. The van der Waals surface area contributed by atoms with Gasteiger partial charge in [-0.15, -0.1) is 21.5 Å². The zero-order chi connectivity index (χ0) is 18.2. The first-order valence-electron chi connectivity index (χ1n) is 7.77. The number of aromatic amines is 1. The van der Waals surface area contributed by atoms with E-state index in [-0.39, 0.29) is 0 Å². The molecular weight excluding hydrogens is 406 g/mol. The van der Waals surface area contributed by atoms with Crippen molar-refractivity contribution in [2.45, 2.75) is 33.1 Å². The SMILES string of the molecule is CC(C)(C)[C@H](C(=O)O)[C@@H](Cc1cccc2sc(Br)nc12)c1nn[nH]n1. The summed E-state index contributed by atoms with van der Waals surface area (Å²) in [4.78, 5) is 16.6. The predicted octanol–water partition coefficient (Wildman–Crippen LogP) is 3.65. The van der Waals surface area contributed by atoms with Crippen molar-refractivity contribution in [2.24, 2.45) is 11.3 Å². The lowest BCUT2D eigenvalue weighted by molar-refractivity contribution is -0.146. The van der Waals surface area contributed by atoms with Crippen molar-refractivity contribution >= 4 is 43.5 Å². The Bertz CT molecular complexity index is 888. The topological polar surface area (TPSA) is 105 Å². The molecule has 2 N–H and O–H groups in total. The second-order valence-electron chi connectivity index (χ2n) is 6.99. The van der Waals surface area contributed by atoms with Crippen LogP contribution in [0.3, 0.4) is 0 Å². The van der Waals surface area contributed by atoms with Gasteiger partial charge in [0.25, 0.3) is 0 Å². The number of nitrogens with zero attached hydrogens (tertiary/aromatic N) is 4. The van der Waals surface area contributed by atoms with Gasteiger partial charge in [-0.25, -0.2) is 4.98 Å². The van der Waals surface area contributed by atoms with E-state index in [4.69, 9.17) is 0 Å². The Morgan fingerprint density at radius 2 is 2.16 bits per heavy atom. The number of aliphatic carboxylic acids is 1. The first kappa shape index (κ1) is 17.9. The van der Waals surface area contributed by atoms with Gasteiger partial charge in [0.15, 0.2) is 9.74 Å². The quantitative estimate of drug-likeness (QED) is 0.648. The maximum Gasteiger partial charge on any atom is 0.307 e. The Morgan fingerprint density at radius 3 is 2.76 bits per heavy atom. The summed E-state index contributed by atoms with van der Waals surface area (Å²) in [6.45, 7) is 5.75. The van der Waals surface area contributed by atoms with Crippen molar-refractivity contribution in [1.82, 2.24) is 25.6 Å². The molecule has 0 saturated carbocycles. The van der Waals surface area contributed by atoms with Gasteiger partial charge in [-0.05, 0) is 39.4 Å². The van der Waals surface area contributed by atoms with Gasteiger partial charge >= 0.3 is 5.97 Å². The lowest BCUT2D eigenvalue weighted by atomic mass is 9.71. The third-order valence-electron chi connectivity index (χ3n) is 4.21. The number of carboxylic acids is 1. The third-order valence-corrected chi connectivity index (χ3v) is 5.68. The number of aromatic nitrogens is 5. The molecule has 2 atom stereocenters. The van der Waals surface area contributed by atoms with Crippen molar-refractivity contribution in [1.29, 1.82) is 0 Å². The van der Waals surface area contributed by atoms with Crippen molar-refractivity contribution < 1.29 is 9.90 Å². The van der Waals surface area contributed by atoms with Crippen LogP contribution in [0.2, 0.25) is 0 Å². The van der Waals surface area contributed by atoms with Crippen LogP contribution in [0.4, 0.5) is 0 Å². The maximum absolute atomic E-state index is 12.0. The number of hydrogen-bond donors (Lipinski definition) is 2. The predicted molar refractivity (Wildman–Crippen MR) is 98.5 cm³/mol. The number of carbonyl (C=O) groups is 1. The summed E-state index contributed by atoms with van der Waals surface area (Å²) in [5.74, 6) is -1.53. The van der Waals surface area contributed by atoms with E-state index < -0.39 is 23.2 Å². The van der Waals surface area contributed by atoms with Crippen molar-refractivity contribution in [3.05, 3.63) is 33.5 Å². The Morgan fingerprint density at radius 1 is 1.40 bits per heavy atom. The van der Waals surface area contributed by atoms with Gasteiger partial charge in [0.05, 0.1) is 16.1 Å². The number of carboxylic acid groups (broad SMARTS) is 1. The van der Waals surface area contributed by atoms with E-state index in [2.05, 4.69) is 41.5 Å². The summed E-state index contributed by atoms with van der Waals surface area (Å²) in [7, 11) is 0. The van der Waals surface area contributed by atoms with Gasteiger partial charge in [-0.2, -0.15) is 5.21 Å². The molecule has 7 nitrogen and oxygen atoms in total. The van der Waals surface area contributed by atoms with Crippen LogP contribution < -0.4 is 0 Å². The zero-order valence-corrected chi connectivity index (χ0v) is 16.4. The molecule has 0 bridgehead atoms. The lowest BCUT2D eigenvalue weighted by Gasteiger charge is -2.32. The minimum atomic E-state index is -0.867. The van der Waals surface area contributed by atoms with Crippen molar-refractivity contribution in [2.75, 3.05) is 0 Å². The van der Waals surface area contributed by atoms with Gasteiger partial charge in [0.2, 0.25) is 0 Å². The van der Waals surface area contributed by atoms with Crippen LogP contribution in [0.15, 0.2) is 22.1 Å². The normalized spacial score (nSPS) is 14.6. The molecule has 0 unspecified atom stereocenters. The third kappa shape index (κ3) is 3.72. The summed E-state index contributed by atoms with van der Waals surface area (Å²) in [5, 5.41) is 24.1. The fraction of sp³-hybridized carbons (Fsp3) is 0.438. The molecule has 0 aliphatic heterocycles. The van der Waals surface area contributed by atoms with Crippen molar-refractivity contribution in [3.63, 3.8) is 0 Å². The molecule has 0 radical (unpaired) electrons. The molecule has 2 aromatic heterocycles. The standard InChI is InChI=1S/C16H18BrN5O2S/c1-16(2,3)11(14(23)24)9(13-19-21-22-20-13)7-8-5-4-6-10-12(8)18-15(17)25-10/h4-6,9,11H,7H2,1-3H3,(H,23,24)(H,19,20,21,22)/t9-,11+/m1/s1. The molecule has 0 aliphatic carbocycles. The number of halogens is 1. The van der Waals surface area contributed by atoms with Crippen LogP contribution in [-0.2, 0) is 11.2 Å². The molecule has 0 saturated heterocycles. The van der Waals surface area contributed by atoms with E-state index in [9.17, 15) is 9.90 Å². The number of hydrogen-bond acceptors (Lipinski definition) is 6. The molecule has 132 valence electrons. The number of benzene rings is 1. The minimum absolute atomic E-state index is 0.411. The lowest BCUT2D eigenvalue weighted by Crippen LogP contribution is -2.35. The fourth-order valence-electron chi connectivity index (χ4n) is 3.21. The van der Waals surface area contributed by atoms with Crippen LogP contribution in [0.5, 0.6) is 0 Å². The summed E-state index contributed by atoms with van der Waals surface area (Å²) in [6.07, 6.45) is 0.473. The maximum atomic E-state index is 12.0. The summed E-state index contributed by atoms with van der Waals surface area (Å²) in [5.41, 5.74) is 1.39. The molecule has 3 aromatic rings. The van der Waals surface area contributed by atoms with E-state index in [1.807, 2.05) is 39.0 Å². The van der Waals surface area contributed by atoms with Gasteiger partial charge in [-0.3, -0.25) is 4.79 Å². The van der Waals surface area contributed by atoms with Gasteiger partial charge in [-0.1, -0.05) is 38.1 Å². The van der Waals surface area contributed by atoms with E-state index >= 15 is 0 Å². The van der Waals surface area contributed by atoms with Gasteiger partial charge in [0, 0.05) is 5.92 Å². The number of para-hydroxylation sites is 1. The largest absolute Gasteiger partial charge is 0.481 e. The van der Waals surface area contributed by atoms with Crippen LogP contribution in [0.1, 0.15) is 38.1 Å². The number of H-pyrrole nitrogens is 1. The molecule has 25 heavy (non-hydrogen) atoms. The highest BCUT2D eigenvalue weighted by Crippen LogP contribution is 2.40. The molecule has 2 heterocycles. The van der Waals surface area contributed by atoms with Gasteiger partial charge < -0.3 is 5.11 Å². The highest BCUT2D eigenvalue weighted by molar-refractivity contribution is 9.11. The Balaban J connectivity index is 2.07. The Kier molecular flexibility index (Phi) is 4.88. The van der Waals surface area contributed by atoms with E-state index in [0.29, 0.717) is 12.2 Å². The number of fused-ring (bicyclic) bond motifs is 1. The highest BCUT2D eigenvalue weighted by atomic mass is 79.9. The molecular formula is C16H18BrN5O2S. The zero-order valence-electron chi connectivity index (χ0n) is 14.0. The van der Waals surface area contributed by atoms with Crippen LogP contribution >= 0.6 is 27.3 Å². The number of nitrogens with one attached hydrogen (secondary N) is 1. The number of thiazole rings is 1. The van der Waals surface area contributed by atoms with Crippen LogP contribution in [-0.4, -0.2) is 36.7 Å². The molecule has 0 spiro atoms. The number of tetrazole rings is 1. The molecule has 9 heteroatoms. The fourth-order valence-corrected chi connectivity index (χ4v) is 4.65. The second kappa shape index (κ2) is 6.80. The smallest absolute Gasteiger partial charge is 0.307 e. The van der Waals surface area contributed by atoms with Crippen molar-refractivity contribution in [3.8, 4) is 0 Å². The van der Waals surface area contributed by atoms with E-state index in [1.165, 1.54) is 0 Å². The molecule has 3 rings (SSSR count). The first-order chi connectivity index (χ1) is 11.8. The molecule has 0 fully saturated rings. The molecule has 1 aromatic carbocycles. The monoisotopic (exact) mass is 423 g/mol. The summed E-state index contributed by atoms with van der Waals surface area (Å²) >= 11 is 4.97. The van der Waals surface area contributed by atoms with Crippen LogP contribution in [0, 0.1) is 11.3 Å². The molecule has 0 amide bonds.